The van der Waals surface area contributed by atoms with Crippen molar-refractivity contribution in [2.24, 2.45) is 0 Å². The van der Waals surface area contributed by atoms with Crippen molar-refractivity contribution < 1.29 is 14.3 Å². The molecule has 27 heavy (non-hydrogen) atoms. The number of nitrogens with two attached hydrogens (primary N) is 1. The second-order valence-corrected chi connectivity index (χ2v) is 6.67. The van der Waals surface area contributed by atoms with Crippen molar-refractivity contribution in [1.29, 1.82) is 0 Å². The predicted molar refractivity (Wildman–Crippen MR) is 106 cm³/mol. The highest BCUT2D eigenvalue weighted by atomic mass is 16.5. The van der Waals surface area contributed by atoms with Crippen LogP contribution in [0.5, 0.6) is 0 Å². The minimum atomic E-state index is -0.168. The number of para-hydroxylation sites is 1. The number of hydrogen-bond donors (Lipinski definition) is 3. The second-order valence-electron chi connectivity index (χ2n) is 6.67. The minimum Gasteiger partial charge on any atom is -0.399 e. The summed E-state index contributed by atoms with van der Waals surface area (Å²) in [5, 5.41) is 5.72. The van der Waals surface area contributed by atoms with Gasteiger partial charge in [0.25, 0.3) is 5.91 Å². The van der Waals surface area contributed by atoms with Crippen LogP contribution in [-0.2, 0) is 16.0 Å². The summed E-state index contributed by atoms with van der Waals surface area (Å²) in [7, 11) is 0. The van der Waals surface area contributed by atoms with E-state index < -0.39 is 0 Å². The van der Waals surface area contributed by atoms with Crippen molar-refractivity contribution in [3.8, 4) is 0 Å². The Bertz CT molecular complexity index is 801. The molecule has 1 fully saturated rings. The first kappa shape index (κ1) is 18.9. The number of nitrogen functional groups attached to an aromatic ring is 1. The van der Waals surface area contributed by atoms with Crippen molar-refractivity contribution in [2.75, 3.05) is 24.2 Å². The van der Waals surface area contributed by atoms with Gasteiger partial charge in [0.15, 0.2) is 0 Å². The van der Waals surface area contributed by atoms with Gasteiger partial charge in [-0.05, 0) is 49.1 Å². The van der Waals surface area contributed by atoms with E-state index in [0.29, 0.717) is 36.3 Å². The maximum absolute atomic E-state index is 12.3. The molecule has 3 rings (SSSR count). The summed E-state index contributed by atoms with van der Waals surface area (Å²) in [6.45, 7) is 1.27. The molecule has 0 bridgehead atoms. The van der Waals surface area contributed by atoms with E-state index in [1.807, 2.05) is 24.3 Å². The Morgan fingerprint density at radius 1 is 1.15 bits per heavy atom. The summed E-state index contributed by atoms with van der Waals surface area (Å²) in [5.41, 5.74) is 8.66. The van der Waals surface area contributed by atoms with E-state index in [9.17, 15) is 9.59 Å². The average Bonchev–Trinajstić information content (AvgIpc) is 3.19. The summed E-state index contributed by atoms with van der Waals surface area (Å²) in [6.07, 6.45) is 3.00. The molecule has 0 aromatic heterocycles. The maximum Gasteiger partial charge on any atom is 0.251 e. The Hall–Kier alpha value is -2.86. The number of benzene rings is 2. The van der Waals surface area contributed by atoms with E-state index >= 15 is 0 Å². The molecule has 1 unspecified atom stereocenters. The standard InChI is InChI=1S/C21H25N3O3/c22-19-9-2-1-5-15(19)10-11-20(25)24-17-7-3-6-16(13-17)21(26)23-14-18-8-4-12-27-18/h1-3,5-7,9,13,18H,4,8,10-12,14,22H2,(H,23,26)(H,24,25). The van der Waals surface area contributed by atoms with Crippen LogP contribution in [0.3, 0.4) is 0 Å². The Morgan fingerprint density at radius 3 is 2.78 bits per heavy atom. The molecular weight excluding hydrogens is 342 g/mol. The molecule has 6 heteroatoms. The zero-order valence-electron chi connectivity index (χ0n) is 15.2. The van der Waals surface area contributed by atoms with Crippen LogP contribution in [0.25, 0.3) is 0 Å². The molecular formula is C21H25N3O3. The van der Waals surface area contributed by atoms with Gasteiger partial charge in [-0.25, -0.2) is 0 Å². The fourth-order valence-corrected chi connectivity index (χ4v) is 3.09. The first-order valence-electron chi connectivity index (χ1n) is 9.25. The monoisotopic (exact) mass is 367 g/mol. The third-order valence-electron chi connectivity index (χ3n) is 4.60. The summed E-state index contributed by atoms with van der Waals surface area (Å²) in [4.78, 5) is 24.5. The number of carbonyl (C=O) groups is 2. The molecule has 1 heterocycles. The van der Waals surface area contributed by atoms with Crippen molar-refractivity contribution in [3.63, 3.8) is 0 Å². The molecule has 2 aromatic carbocycles. The zero-order valence-corrected chi connectivity index (χ0v) is 15.2. The molecule has 1 aliphatic rings. The van der Waals surface area contributed by atoms with Gasteiger partial charge in [0, 0.05) is 36.5 Å². The lowest BCUT2D eigenvalue weighted by Crippen LogP contribution is -2.31. The van der Waals surface area contributed by atoms with Gasteiger partial charge in [-0.15, -0.1) is 0 Å². The van der Waals surface area contributed by atoms with Crippen molar-refractivity contribution in [2.45, 2.75) is 31.8 Å². The van der Waals surface area contributed by atoms with E-state index in [0.717, 1.165) is 25.0 Å². The Labute approximate surface area is 159 Å². The Balaban J connectivity index is 1.51. The van der Waals surface area contributed by atoms with E-state index in [2.05, 4.69) is 10.6 Å². The van der Waals surface area contributed by atoms with Gasteiger partial charge < -0.3 is 21.1 Å². The molecule has 0 spiro atoms. The Kier molecular flexibility index (Phi) is 6.44. The van der Waals surface area contributed by atoms with Gasteiger partial charge in [0.05, 0.1) is 6.10 Å². The van der Waals surface area contributed by atoms with Crippen LogP contribution in [0.2, 0.25) is 0 Å². The summed E-state index contributed by atoms with van der Waals surface area (Å²) in [5.74, 6) is -0.283. The molecule has 1 atom stereocenters. The maximum atomic E-state index is 12.3. The molecule has 0 aliphatic carbocycles. The molecule has 2 aromatic rings. The van der Waals surface area contributed by atoms with Crippen molar-refractivity contribution in [1.82, 2.24) is 5.32 Å². The number of ether oxygens (including phenoxy) is 1. The van der Waals surface area contributed by atoms with Gasteiger partial charge in [0.2, 0.25) is 5.91 Å². The molecule has 142 valence electrons. The lowest BCUT2D eigenvalue weighted by molar-refractivity contribution is -0.116. The van der Waals surface area contributed by atoms with Crippen molar-refractivity contribution in [3.05, 3.63) is 59.7 Å². The molecule has 4 N–H and O–H groups in total. The van der Waals surface area contributed by atoms with E-state index in [1.165, 1.54) is 0 Å². The first-order chi connectivity index (χ1) is 13.1. The smallest absolute Gasteiger partial charge is 0.251 e. The first-order valence-corrected chi connectivity index (χ1v) is 9.25. The van der Waals surface area contributed by atoms with E-state index in [4.69, 9.17) is 10.5 Å². The fourth-order valence-electron chi connectivity index (χ4n) is 3.09. The quantitative estimate of drug-likeness (QED) is 0.656. The highest BCUT2D eigenvalue weighted by Crippen LogP contribution is 2.15. The number of hydrogen-bond acceptors (Lipinski definition) is 4. The fraction of sp³-hybridized carbons (Fsp3) is 0.333. The summed E-state index contributed by atoms with van der Waals surface area (Å²) < 4.78 is 5.51. The lowest BCUT2D eigenvalue weighted by Gasteiger charge is -2.12. The van der Waals surface area contributed by atoms with E-state index in [1.54, 1.807) is 24.3 Å². The molecule has 1 aliphatic heterocycles. The summed E-state index contributed by atoms with van der Waals surface area (Å²) >= 11 is 0. The number of rotatable bonds is 7. The minimum absolute atomic E-state index is 0.0993. The molecule has 6 nitrogen and oxygen atoms in total. The van der Waals surface area contributed by atoms with Gasteiger partial charge in [-0.1, -0.05) is 24.3 Å². The van der Waals surface area contributed by atoms with Gasteiger partial charge in [0.1, 0.15) is 0 Å². The molecule has 2 amide bonds. The van der Waals surface area contributed by atoms with Crippen LogP contribution in [0, 0.1) is 0 Å². The normalized spacial score (nSPS) is 16.1. The van der Waals surface area contributed by atoms with Crippen LogP contribution in [0.4, 0.5) is 11.4 Å². The number of amides is 2. The van der Waals surface area contributed by atoms with Crippen molar-refractivity contribution >= 4 is 23.2 Å². The lowest BCUT2D eigenvalue weighted by atomic mass is 10.1. The van der Waals surface area contributed by atoms with Gasteiger partial charge in [-0.2, -0.15) is 0 Å². The number of nitrogens with one attached hydrogen (secondary N) is 2. The van der Waals surface area contributed by atoms with Crippen LogP contribution in [0.1, 0.15) is 35.2 Å². The highest BCUT2D eigenvalue weighted by Gasteiger charge is 2.17. The number of aryl methyl sites for hydroxylation is 1. The molecule has 0 radical (unpaired) electrons. The largest absolute Gasteiger partial charge is 0.399 e. The predicted octanol–water partition coefficient (Wildman–Crippen LogP) is 2.75. The zero-order chi connectivity index (χ0) is 19.1. The van der Waals surface area contributed by atoms with E-state index in [-0.39, 0.29) is 17.9 Å². The number of carbonyl (C=O) groups excluding carboxylic acids is 2. The molecule has 1 saturated heterocycles. The summed E-state index contributed by atoms with van der Waals surface area (Å²) in [6, 6.07) is 14.5. The van der Waals surface area contributed by atoms with Crippen LogP contribution >= 0.6 is 0 Å². The average molecular weight is 367 g/mol. The van der Waals surface area contributed by atoms with Crippen LogP contribution in [-0.4, -0.2) is 31.1 Å². The third-order valence-corrected chi connectivity index (χ3v) is 4.60. The van der Waals surface area contributed by atoms with Gasteiger partial charge >= 0.3 is 0 Å². The second kappa shape index (κ2) is 9.19. The number of anilines is 2. The van der Waals surface area contributed by atoms with Crippen LogP contribution < -0.4 is 16.4 Å². The third kappa shape index (κ3) is 5.56. The topological polar surface area (TPSA) is 93.5 Å². The molecule has 0 saturated carbocycles. The SMILES string of the molecule is Nc1ccccc1CCC(=O)Nc1cccc(C(=O)NCC2CCCO2)c1. The Morgan fingerprint density at radius 2 is 2.00 bits per heavy atom. The van der Waals surface area contributed by atoms with Crippen LogP contribution in [0.15, 0.2) is 48.5 Å². The van der Waals surface area contributed by atoms with Gasteiger partial charge in [-0.3, -0.25) is 9.59 Å². The highest BCUT2D eigenvalue weighted by molar-refractivity contribution is 5.97.